The molecule has 19 heavy (non-hydrogen) atoms. The standard InChI is InChI=1S/C14H24N4O/c1-5-13-12(7-10(4)17-18-13)14(19)16-8-11(15)6-9(2)3/h7,9,11H,5-6,8,15H2,1-4H3,(H,16,19). The van der Waals surface area contributed by atoms with Crippen LogP contribution >= 0.6 is 0 Å². The molecule has 0 aliphatic heterocycles. The molecule has 0 aliphatic rings. The number of amides is 1. The van der Waals surface area contributed by atoms with Gasteiger partial charge in [0, 0.05) is 12.6 Å². The maximum absolute atomic E-state index is 12.1. The molecule has 5 nitrogen and oxygen atoms in total. The van der Waals surface area contributed by atoms with Gasteiger partial charge in [0.25, 0.3) is 5.91 Å². The summed E-state index contributed by atoms with van der Waals surface area (Å²) in [4.78, 5) is 12.1. The Morgan fingerprint density at radius 2 is 2.11 bits per heavy atom. The first-order chi connectivity index (χ1) is 8.93. The van der Waals surface area contributed by atoms with Crippen molar-refractivity contribution in [1.82, 2.24) is 15.5 Å². The number of nitrogens with zero attached hydrogens (tertiary/aromatic N) is 2. The van der Waals surface area contributed by atoms with E-state index in [1.54, 1.807) is 6.07 Å². The predicted octanol–water partition coefficient (Wildman–Crippen LogP) is 1.45. The van der Waals surface area contributed by atoms with Crippen LogP contribution in [0, 0.1) is 12.8 Å². The summed E-state index contributed by atoms with van der Waals surface area (Å²) in [5.74, 6) is 0.414. The first-order valence-electron chi connectivity index (χ1n) is 6.81. The van der Waals surface area contributed by atoms with Crippen molar-refractivity contribution in [2.45, 2.75) is 46.6 Å². The second-order valence-electron chi connectivity index (χ2n) is 5.30. The molecule has 0 bridgehead atoms. The van der Waals surface area contributed by atoms with E-state index in [9.17, 15) is 4.79 Å². The van der Waals surface area contributed by atoms with Crippen LogP contribution in [0.1, 0.15) is 48.9 Å². The van der Waals surface area contributed by atoms with Gasteiger partial charge in [0.2, 0.25) is 0 Å². The monoisotopic (exact) mass is 264 g/mol. The third kappa shape index (κ3) is 4.95. The largest absolute Gasteiger partial charge is 0.350 e. The van der Waals surface area contributed by atoms with E-state index in [2.05, 4.69) is 29.4 Å². The van der Waals surface area contributed by atoms with E-state index in [4.69, 9.17) is 5.73 Å². The highest BCUT2D eigenvalue weighted by Gasteiger charge is 2.14. The fraction of sp³-hybridized carbons (Fsp3) is 0.643. The van der Waals surface area contributed by atoms with Crippen molar-refractivity contribution in [3.63, 3.8) is 0 Å². The summed E-state index contributed by atoms with van der Waals surface area (Å²) in [6.07, 6.45) is 1.59. The van der Waals surface area contributed by atoms with Crippen LogP contribution in [0.5, 0.6) is 0 Å². The van der Waals surface area contributed by atoms with Gasteiger partial charge < -0.3 is 11.1 Å². The lowest BCUT2D eigenvalue weighted by Crippen LogP contribution is -2.38. The number of rotatable bonds is 6. The second kappa shape index (κ2) is 7.19. The highest BCUT2D eigenvalue weighted by Crippen LogP contribution is 2.08. The fourth-order valence-corrected chi connectivity index (χ4v) is 1.98. The topological polar surface area (TPSA) is 80.9 Å². The summed E-state index contributed by atoms with van der Waals surface area (Å²) < 4.78 is 0. The number of aromatic nitrogens is 2. The number of carbonyl (C=O) groups excluding carboxylic acids is 1. The molecule has 0 aliphatic carbocycles. The molecule has 0 saturated heterocycles. The van der Waals surface area contributed by atoms with E-state index in [1.165, 1.54) is 0 Å². The van der Waals surface area contributed by atoms with Crippen LogP contribution in [0.25, 0.3) is 0 Å². The Bertz CT molecular complexity index is 431. The van der Waals surface area contributed by atoms with Gasteiger partial charge in [0.15, 0.2) is 0 Å². The van der Waals surface area contributed by atoms with Crippen LogP contribution in [0.2, 0.25) is 0 Å². The number of nitrogens with one attached hydrogen (secondary N) is 1. The zero-order valence-corrected chi connectivity index (χ0v) is 12.2. The van der Waals surface area contributed by atoms with Crippen LogP contribution in [0.4, 0.5) is 0 Å². The molecule has 0 spiro atoms. The van der Waals surface area contributed by atoms with Crippen molar-refractivity contribution in [3.05, 3.63) is 23.0 Å². The molecule has 106 valence electrons. The SMILES string of the molecule is CCc1nnc(C)cc1C(=O)NCC(N)CC(C)C. The van der Waals surface area contributed by atoms with Crippen molar-refractivity contribution in [2.75, 3.05) is 6.54 Å². The summed E-state index contributed by atoms with van der Waals surface area (Å²) in [5.41, 5.74) is 8.03. The lowest BCUT2D eigenvalue weighted by atomic mass is 10.0. The average Bonchev–Trinajstić information content (AvgIpc) is 2.35. The summed E-state index contributed by atoms with van der Waals surface area (Å²) >= 11 is 0. The Morgan fingerprint density at radius 3 is 2.68 bits per heavy atom. The molecule has 1 unspecified atom stereocenters. The van der Waals surface area contributed by atoms with Crippen molar-refractivity contribution < 1.29 is 4.79 Å². The van der Waals surface area contributed by atoms with Gasteiger partial charge in [0.1, 0.15) is 0 Å². The van der Waals surface area contributed by atoms with Gasteiger partial charge >= 0.3 is 0 Å². The molecule has 0 radical (unpaired) electrons. The minimum Gasteiger partial charge on any atom is -0.350 e. The lowest BCUT2D eigenvalue weighted by Gasteiger charge is -2.15. The first-order valence-corrected chi connectivity index (χ1v) is 6.81. The van der Waals surface area contributed by atoms with Crippen molar-refractivity contribution in [2.24, 2.45) is 11.7 Å². The van der Waals surface area contributed by atoms with Crippen LogP contribution in [-0.2, 0) is 6.42 Å². The number of hydrogen-bond acceptors (Lipinski definition) is 4. The molecule has 3 N–H and O–H groups in total. The summed E-state index contributed by atoms with van der Waals surface area (Å²) in [7, 11) is 0. The fourth-order valence-electron chi connectivity index (χ4n) is 1.98. The molecule has 1 amide bonds. The van der Waals surface area contributed by atoms with Gasteiger partial charge in [-0.3, -0.25) is 4.79 Å². The van der Waals surface area contributed by atoms with Crippen molar-refractivity contribution in [3.8, 4) is 0 Å². The van der Waals surface area contributed by atoms with Crippen molar-refractivity contribution >= 4 is 5.91 Å². The molecule has 0 saturated carbocycles. The van der Waals surface area contributed by atoms with E-state index < -0.39 is 0 Å². The Kier molecular flexibility index (Phi) is 5.89. The number of aryl methyl sites for hydroxylation is 2. The quantitative estimate of drug-likeness (QED) is 0.815. The van der Waals surface area contributed by atoms with Crippen molar-refractivity contribution in [1.29, 1.82) is 0 Å². The van der Waals surface area contributed by atoms with Gasteiger partial charge in [-0.05, 0) is 31.7 Å². The summed E-state index contributed by atoms with van der Waals surface area (Å²) in [6, 6.07) is 1.76. The maximum Gasteiger partial charge on any atom is 0.253 e. The number of nitrogens with two attached hydrogens (primary N) is 1. The Hall–Kier alpha value is -1.49. The van der Waals surface area contributed by atoms with E-state index in [0.29, 0.717) is 24.4 Å². The van der Waals surface area contributed by atoms with Gasteiger partial charge in [-0.2, -0.15) is 10.2 Å². The Balaban J connectivity index is 2.65. The highest BCUT2D eigenvalue weighted by molar-refractivity contribution is 5.95. The van der Waals surface area contributed by atoms with Crippen LogP contribution in [0.15, 0.2) is 6.07 Å². The van der Waals surface area contributed by atoms with Crippen LogP contribution in [0.3, 0.4) is 0 Å². The van der Waals surface area contributed by atoms with Gasteiger partial charge in [-0.1, -0.05) is 20.8 Å². The van der Waals surface area contributed by atoms with Crippen LogP contribution in [-0.4, -0.2) is 28.7 Å². The number of hydrogen-bond donors (Lipinski definition) is 2. The molecule has 0 fully saturated rings. The minimum absolute atomic E-state index is 0.00933. The van der Waals surface area contributed by atoms with E-state index in [0.717, 1.165) is 17.8 Å². The normalized spacial score (nSPS) is 12.5. The summed E-state index contributed by atoms with van der Waals surface area (Å²) in [5, 5.41) is 10.9. The molecule has 1 aromatic rings. The Morgan fingerprint density at radius 1 is 1.42 bits per heavy atom. The molecular formula is C14H24N4O. The third-order valence-electron chi connectivity index (χ3n) is 2.87. The minimum atomic E-state index is -0.117. The van der Waals surface area contributed by atoms with Crippen LogP contribution < -0.4 is 11.1 Å². The van der Waals surface area contributed by atoms with E-state index in [-0.39, 0.29) is 11.9 Å². The maximum atomic E-state index is 12.1. The Labute approximate surface area is 115 Å². The van der Waals surface area contributed by atoms with E-state index in [1.807, 2.05) is 13.8 Å². The second-order valence-corrected chi connectivity index (χ2v) is 5.30. The lowest BCUT2D eigenvalue weighted by molar-refractivity contribution is 0.0948. The molecule has 1 rings (SSSR count). The zero-order chi connectivity index (χ0) is 14.4. The van der Waals surface area contributed by atoms with E-state index >= 15 is 0 Å². The first kappa shape index (κ1) is 15.6. The third-order valence-corrected chi connectivity index (χ3v) is 2.87. The van der Waals surface area contributed by atoms with Gasteiger partial charge in [-0.25, -0.2) is 0 Å². The molecule has 5 heteroatoms. The molecule has 1 aromatic heterocycles. The van der Waals surface area contributed by atoms with Gasteiger partial charge in [0.05, 0.1) is 17.0 Å². The molecular weight excluding hydrogens is 240 g/mol. The zero-order valence-electron chi connectivity index (χ0n) is 12.2. The average molecular weight is 264 g/mol. The molecule has 1 heterocycles. The summed E-state index contributed by atoms with van der Waals surface area (Å²) in [6.45, 7) is 8.51. The molecule has 1 atom stereocenters. The van der Waals surface area contributed by atoms with Gasteiger partial charge in [-0.15, -0.1) is 0 Å². The molecule has 0 aromatic carbocycles. The highest BCUT2D eigenvalue weighted by atomic mass is 16.1. The number of carbonyl (C=O) groups is 1. The predicted molar refractivity (Wildman–Crippen MR) is 75.9 cm³/mol. The smallest absolute Gasteiger partial charge is 0.253 e.